The maximum Gasteiger partial charge on any atom is 0.275 e. The van der Waals surface area contributed by atoms with E-state index in [4.69, 9.17) is 27.9 Å². The lowest BCUT2D eigenvalue weighted by molar-refractivity contribution is -0.115. The third-order valence-electron chi connectivity index (χ3n) is 3.29. The molecule has 116 valence electrons. The van der Waals surface area contributed by atoms with Crippen molar-refractivity contribution in [2.24, 2.45) is 4.99 Å². The van der Waals surface area contributed by atoms with Crippen LogP contribution in [-0.2, 0) is 4.79 Å². The molecule has 1 heterocycles. The normalized spacial score (nSPS) is 15.5. The molecule has 0 radical (unpaired) electrons. The van der Waals surface area contributed by atoms with Crippen LogP contribution < -0.4 is 10.1 Å². The van der Waals surface area contributed by atoms with Crippen molar-refractivity contribution in [1.82, 2.24) is 5.32 Å². The molecule has 1 N–H and O–H groups in total. The quantitative estimate of drug-likeness (QED) is 0.856. The summed E-state index contributed by atoms with van der Waals surface area (Å²) in [5, 5.41) is 3.64. The van der Waals surface area contributed by atoms with Crippen molar-refractivity contribution in [1.29, 1.82) is 0 Å². The van der Waals surface area contributed by atoms with Gasteiger partial charge in [-0.15, -0.1) is 0 Å². The molecular formula is C17H12Cl2N2O2. The maximum atomic E-state index is 12.1. The average Bonchev–Trinajstić information content (AvgIpc) is 2.92. The van der Waals surface area contributed by atoms with Crippen LogP contribution in [0, 0.1) is 0 Å². The first-order valence-corrected chi connectivity index (χ1v) is 7.53. The molecule has 0 unspecified atom stereocenters. The number of amidine groups is 1. The monoisotopic (exact) mass is 346 g/mol. The van der Waals surface area contributed by atoms with Crippen molar-refractivity contribution < 1.29 is 9.53 Å². The van der Waals surface area contributed by atoms with Crippen molar-refractivity contribution in [3.63, 3.8) is 0 Å². The van der Waals surface area contributed by atoms with Crippen LogP contribution in [0.3, 0.4) is 0 Å². The number of benzene rings is 2. The Labute approximate surface area is 143 Å². The van der Waals surface area contributed by atoms with Crippen LogP contribution in [0.5, 0.6) is 5.75 Å². The predicted octanol–water partition coefficient (Wildman–Crippen LogP) is 3.92. The van der Waals surface area contributed by atoms with Gasteiger partial charge in [0.1, 0.15) is 17.3 Å². The second-order valence-corrected chi connectivity index (χ2v) is 5.66. The van der Waals surface area contributed by atoms with Gasteiger partial charge in [0.15, 0.2) is 0 Å². The number of ether oxygens (including phenoxy) is 1. The third-order valence-corrected chi connectivity index (χ3v) is 4.03. The average molecular weight is 347 g/mol. The molecule has 3 rings (SSSR count). The van der Waals surface area contributed by atoms with E-state index < -0.39 is 0 Å². The summed E-state index contributed by atoms with van der Waals surface area (Å²) in [6.07, 6.45) is 1.66. The Hall–Kier alpha value is -2.30. The van der Waals surface area contributed by atoms with E-state index in [9.17, 15) is 4.79 Å². The number of carbonyl (C=O) groups is 1. The highest BCUT2D eigenvalue weighted by molar-refractivity contribution is 6.42. The molecule has 0 fully saturated rings. The van der Waals surface area contributed by atoms with Crippen molar-refractivity contribution in [3.05, 3.63) is 69.3 Å². The van der Waals surface area contributed by atoms with Crippen LogP contribution in [-0.4, -0.2) is 18.9 Å². The van der Waals surface area contributed by atoms with Crippen LogP contribution >= 0.6 is 23.2 Å². The van der Waals surface area contributed by atoms with E-state index in [1.165, 1.54) is 0 Å². The number of aliphatic imine (C=N–C) groups is 1. The number of nitrogens with one attached hydrogen (secondary N) is 1. The van der Waals surface area contributed by atoms with Gasteiger partial charge < -0.3 is 10.1 Å². The van der Waals surface area contributed by atoms with Gasteiger partial charge >= 0.3 is 0 Å². The Kier molecular flexibility index (Phi) is 4.37. The zero-order chi connectivity index (χ0) is 16.4. The molecule has 0 saturated carbocycles. The molecular weight excluding hydrogens is 335 g/mol. The molecule has 0 spiro atoms. The number of methoxy groups -OCH3 is 1. The second kappa shape index (κ2) is 6.44. The molecule has 23 heavy (non-hydrogen) atoms. The van der Waals surface area contributed by atoms with Gasteiger partial charge in [-0.05, 0) is 35.9 Å². The molecule has 0 aromatic heterocycles. The van der Waals surface area contributed by atoms with Crippen molar-refractivity contribution in [2.45, 2.75) is 0 Å². The van der Waals surface area contributed by atoms with Gasteiger partial charge in [0.2, 0.25) is 0 Å². The minimum absolute atomic E-state index is 0.270. The van der Waals surface area contributed by atoms with Crippen molar-refractivity contribution >= 4 is 41.0 Å². The second-order valence-electron chi connectivity index (χ2n) is 4.85. The van der Waals surface area contributed by atoms with Crippen LogP contribution in [0.4, 0.5) is 0 Å². The summed E-state index contributed by atoms with van der Waals surface area (Å²) in [7, 11) is 1.59. The highest BCUT2D eigenvalue weighted by Gasteiger charge is 2.21. The lowest BCUT2D eigenvalue weighted by Gasteiger charge is -2.03. The minimum atomic E-state index is -0.270. The maximum absolute atomic E-state index is 12.1. The van der Waals surface area contributed by atoms with Gasteiger partial charge in [0.05, 0.1) is 17.2 Å². The molecule has 6 heteroatoms. The summed E-state index contributed by atoms with van der Waals surface area (Å²) in [5.41, 5.74) is 1.83. The van der Waals surface area contributed by atoms with Gasteiger partial charge in [0.25, 0.3) is 5.91 Å². The number of amides is 1. The summed E-state index contributed by atoms with van der Waals surface area (Å²) < 4.78 is 5.18. The molecule has 0 saturated heterocycles. The van der Waals surface area contributed by atoms with Gasteiger partial charge in [-0.2, -0.15) is 0 Å². The van der Waals surface area contributed by atoms with Crippen LogP contribution in [0.25, 0.3) is 6.08 Å². The van der Waals surface area contributed by atoms with Gasteiger partial charge in [0, 0.05) is 5.56 Å². The minimum Gasteiger partial charge on any atom is -0.497 e. The zero-order valence-electron chi connectivity index (χ0n) is 12.1. The number of hydrogen-bond donors (Lipinski definition) is 1. The number of nitrogens with zero attached hydrogens (tertiary/aromatic N) is 1. The summed E-state index contributed by atoms with van der Waals surface area (Å²) >= 11 is 11.9. The number of halogens is 2. The standard InChI is InChI=1S/C17H12Cl2N2O2/c1-23-12-4-2-3-11(9-12)16-20-15(17(22)21-16)8-10-5-6-13(18)14(19)7-10/h2-9H,1H3,(H,20,21,22)/b15-8+. The van der Waals surface area contributed by atoms with Crippen LogP contribution in [0.2, 0.25) is 10.0 Å². The van der Waals surface area contributed by atoms with E-state index in [0.29, 0.717) is 27.3 Å². The molecule has 4 nitrogen and oxygen atoms in total. The Balaban J connectivity index is 1.94. The van der Waals surface area contributed by atoms with E-state index in [1.807, 2.05) is 18.2 Å². The van der Waals surface area contributed by atoms with Gasteiger partial charge in [-0.25, -0.2) is 4.99 Å². The fraction of sp³-hybridized carbons (Fsp3) is 0.0588. The molecule has 1 aliphatic rings. The highest BCUT2D eigenvalue weighted by Crippen LogP contribution is 2.24. The summed E-state index contributed by atoms with van der Waals surface area (Å²) in [4.78, 5) is 16.4. The Bertz CT molecular complexity index is 844. The van der Waals surface area contributed by atoms with E-state index in [1.54, 1.807) is 37.5 Å². The topological polar surface area (TPSA) is 50.7 Å². The first-order valence-electron chi connectivity index (χ1n) is 6.78. The molecule has 0 aliphatic carbocycles. The molecule has 1 aliphatic heterocycles. The zero-order valence-corrected chi connectivity index (χ0v) is 13.7. The van der Waals surface area contributed by atoms with E-state index in [0.717, 1.165) is 11.1 Å². The fourth-order valence-corrected chi connectivity index (χ4v) is 2.44. The third kappa shape index (κ3) is 3.38. The van der Waals surface area contributed by atoms with Crippen LogP contribution in [0.1, 0.15) is 11.1 Å². The summed E-state index contributed by atoms with van der Waals surface area (Å²) in [6, 6.07) is 12.5. The molecule has 0 bridgehead atoms. The summed E-state index contributed by atoms with van der Waals surface area (Å²) in [6.45, 7) is 0. The number of carbonyl (C=O) groups excluding carboxylic acids is 1. The largest absolute Gasteiger partial charge is 0.497 e. The number of rotatable bonds is 3. The van der Waals surface area contributed by atoms with Gasteiger partial charge in [-0.1, -0.05) is 41.4 Å². The highest BCUT2D eigenvalue weighted by atomic mass is 35.5. The predicted molar refractivity (Wildman–Crippen MR) is 92.1 cm³/mol. The van der Waals surface area contributed by atoms with E-state index in [-0.39, 0.29) is 5.91 Å². The van der Waals surface area contributed by atoms with Crippen LogP contribution in [0.15, 0.2) is 53.2 Å². The SMILES string of the molecule is COc1cccc(C2=N/C(=C/c3ccc(Cl)c(Cl)c3)C(=O)N2)c1. The van der Waals surface area contributed by atoms with Crippen molar-refractivity contribution in [2.75, 3.05) is 7.11 Å². The first-order chi connectivity index (χ1) is 11.1. The van der Waals surface area contributed by atoms with E-state index in [2.05, 4.69) is 10.3 Å². The molecule has 2 aromatic carbocycles. The van der Waals surface area contributed by atoms with Gasteiger partial charge in [-0.3, -0.25) is 4.79 Å². The lowest BCUT2D eigenvalue weighted by atomic mass is 10.2. The summed E-state index contributed by atoms with van der Waals surface area (Å²) in [5.74, 6) is 0.912. The number of hydrogen-bond acceptors (Lipinski definition) is 3. The van der Waals surface area contributed by atoms with E-state index >= 15 is 0 Å². The molecule has 2 aromatic rings. The Morgan fingerprint density at radius 2 is 1.96 bits per heavy atom. The smallest absolute Gasteiger partial charge is 0.275 e. The molecule has 1 amide bonds. The first kappa shape index (κ1) is 15.6. The lowest BCUT2D eigenvalue weighted by Crippen LogP contribution is -2.24. The Morgan fingerprint density at radius 1 is 1.13 bits per heavy atom. The Morgan fingerprint density at radius 3 is 2.70 bits per heavy atom. The fourth-order valence-electron chi connectivity index (χ4n) is 2.14. The van der Waals surface area contributed by atoms with Crippen molar-refractivity contribution in [3.8, 4) is 5.75 Å². The molecule has 0 atom stereocenters.